The van der Waals surface area contributed by atoms with Gasteiger partial charge >= 0.3 is 11.9 Å². The zero-order valence-electron chi connectivity index (χ0n) is 7.71. The predicted octanol–water partition coefficient (Wildman–Crippen LogP) is 1.27. The first-order valence-electron chi connectivity index (χ1n) is 3.99. The number of carbonyl (C=O) groups excluding carboxylic acids is 2. The van der Waals surface area contributed by atoms with E-state index in [9.17, 15) is 9.59 Å². The molecule has 0 aliphatic carbocycles. The van der Waals surface area contributed by atoms with Gasteiger partial charge in [0.15, 0.2) is 0 Å². The van der Waals surface area contributed by atoms with E-state index in [-0.39, 0.29) is 12.4 Å². The molecule has 0 saturated carbocycles. The molecule has 0 bridgehead atoms. The fourth-order valence-corrected chi connectivity index (χ4v) is 1.13. The standard InChI is InChI=1S/C8H13BrO4/c1-3-12-8(11)4-7(5-9)13-6(2)10/h7H,3-5H2,1-2H3. The van der Waals surface area contributed by atoms with E-state index in [1.165, 1.54) is 6.92 Å². The lowest BCUT2D eigenvalue weighted by molar-refractivity contribution is -0.151. The van der Waals surface area contributed by atoms with Crippen molar-refractivity contribution < 1.29 is 19.1 Å². The van der Waals surface area contributed by atoms with Gasteiger partial charge in [-0.05, 0) is 6.92 Å². The minimum Gasteiger partial charge on any atom is -0.466 e. The van der Waals surface area contributed by atoms with Crippen LogP contribution in [0.5, 0.6) is 0 Å². The maximum absolute atomic E-state index is 11.0. The van der Waals surface area contributed by atoms with Crippen LogP contribution in [-0.2, 0) is 19.1 Å². The maximum atomic E-state index is 11.0. The summed E-state index contributed by atoms with van der Waals surface area (Å²) < 4.78 is 9.53. The molecular weight excluding hydrogens is 240 g/mol. The molecule has 0 spiro atoms. The molecule has 0 aromatic heterocycles. The van der Waals surface area contributed by atoms with Crippen LogP contribution < -0.4 is 0 Å². The summed E-state index contributed by atoms with van der Waals surface area (Å²) in [7, 11) is 0. The van der Waals surface area contributed by atoms with Crippen molar-refractivity contribution in [3.05, 3.63) is 0 Å². The maximum Gasteiger partial charge on any atom is 0.309 e. The molecular formula is C8H13BrO4. The average molecular weight is 253 g/mol. The molecule has 13 heavy (non-hydrogen) atoms. The normalized spacial score (nSPS) is 11.9. The average Bonchev–Trinajstić information content (AvgIpc) is 2.02. The molecule has 0 aromatic carbocycles. The molecule has 0 fully saturated rings. The Kier molecular flexibility index (Phi) is 6.58. The molecule has 0 aromatic rings. The molecule has 1 unspecified atom stereocenters. The van der Waals surface area contributed by atoms with E-state index in [4.69, 9.17) is 9.47 Å². The summed E-state index contributed by atoms with van der Waals surface area (Å²) in [5.41, 5.74) is 0. The zero-order valence-corrected chi connectivity index (χ0v) is 9.30. The number of esters is 2. The summed E-state index contributed by atoms with van der Waals surface area (Å²) in [6.45, 7) is 3.38. The molecule has 5 heteroatoms. The number of hydrogen-bond acceptors (Lipinski definition) is 4. The van der Waals surface area contributed by atoms with Crippen LogP contribution in [0.4, 0.5) is 0 Å². The van der Waals surface area contributed by atoms with E-state index in [2.05, 4.69) is 15.9 Å². The summed E-state index contributed by atoms with van der Waals surface area (Å²) in [5, 5.41) is 0.436. The van der Waals surface area contributed by atoms with Gasteiger partial charge < -0.3 is 9.47 Å². The highest BCUT2D eigenvalue weighted by molar-refractivity contribution is 9.09. The molecule has 0 rings (SSSR count). The Hall–Kier alpha value is -0.580. The van der Waals surface area contributed by atoms with Gasteiger partial charge in [0.1, 0.15) is 6.10 Å². The van der Waals surface area contributed by atoms with Gasteiger partial charge in [0.25, 0.3) is 0 Å². The monoisotopic (exact) mass is 252 g/mol. The van der Waals surface area contributed by atoms with Crippen LogP contribution in [0.3, 0.4) is 0 Å². The largest absolute Gasteiger partial charge is 0.466 e. The molecule has 4 nitrogen and oxygen atoms in total. The lowest BCUT2D eigenvalue weighted by atomic mass is 10.3. The first-order chi connectivity index (χ1) is 6.10. The zero-order chi connectivity index (χ0) is 10.3. The van der Waals surface area contributed by atoms with Crippen molar-refractivity contribution in [3.63, 3.8) is 0 Å². The van der Waals surface area contributed by atoms with Gasteiger partial charge in [0.2, 0.25) is 0 Å². The van der Waals surface area contributed by atoms with Crippen molar-refractivity contribution in [2.45, 2.75) is 26.4 Å². The van der Waals surface area contributed by atoms with Crippen LogP contribution in [0.2, 0.25) is 0 Å². The Morgan fingerprint density at radius 3 is 2.46 bits per heavy atom. The molecule has 0 aliphatic heterocycles. The minimum absolute atomic E-state index is 0.0959. The lowest BCUT2D eigenvalue weighted by Crippen LogP contribution is -2.22. The number of alkyl halides is 1. The number of halogens is 1. The van der Waals surface area contributed by atoms with Crippen molar-refractivity contribution in [1.82, 2.24) is 0 Å². The molecule has 76 valence electrons. The van der Waals surface area contributed by atoms with E-state index in [1.807, 2.05) is 0 Å². The van der Waals surface area contributed by atoms with E-state index in [0.717, 1.165) is 0 Å². The second kappa shape index (κ2) is 6.88. The van der Waals surface area contributed by atoms with Crippen LogP contribution in [0, 0.1) is 0 Å². The quantitative estimate of drug-likeness (QED) is 0.546. The predicted molar refractivity (Wildman–Crippen MR) is 50.6 cm³/mol. The van der Waals surface area contributed by atoms with Crippen LogP contribution in [0.25, 0.3) is 0 Å². The molecule has 0 heterocycles. The Balaban J connectivity index is 3.83. The summed E-state index contributed by atoms with van der Waals surface area (Å²) in [6, 6.07) is 0. The van der Waals surface area contributed by atoms with Gasteiger partial charge in [-0.25, -0.2) is 0 Å². The molecule has 0 saturated heterocycles. The topological polar surface area (TPSA) is 52.6 Å². The fraction of sp³-hybridized carbons (Fsp3) is 0.750. The number of ether oxygens (including phenoxy) is 2. The third-order valence-corrected chi connectivity index (χ3v) is 1.93. The summed E-state index contributed by atoms with van der Waals surface area (Å²) in [4.78, 5) is 21.5. The van der Waals surface area contributed by atoms with Gasteiger partial charge in [-0.2, -0.15) is 0 Å². The van der Waals surface area contributed by atoms with Crippen LogP contribution in [0.15, 0.2) is 0 Å². The van der Waals surface area contributed by atoms with E-state index < -0.39 is 12.1 Å². The van der Waals surface area contributed by atoms with Crippen molar-refractivity contribution in [3.8, 4) is 0 Å². The summed E-state index contributed by atoms with van der Waals surface area (Å²) in [6.07, 6.45) is -0.338. The lowest BCUT2D eigenvalue weighted by Gasteiger charge is -2.12. The Labute approximate surface area is 85.7 Å². The van der Waals surface area contributed by atoms with E-state index in [1.54, 1.807) is 6.92 Å². The van der Waals surface area contributed by atoms with Crippen molar-refractivity contribution >= 4 is 27.9 Å². The highest BCUT2D eigenvalue weighted by atomic mass is 79.9. The fourth-order valence-electron chi connectivity index (χ4n) is 0.768. The third-order valence-electron chi connectivity index (χ3n) is 1.20. The number of carbonyl (C=O) groups is 2. The summed E-state index contributed by atoms with van der Waals surface area (Å²) in [5.74, 6) is -0.748. The van der Waals surface area contributed by atoms with E-state index in [0.29, 0.717) is 11.9 Å². The second-order valence-electron chi connectivity index (χ2n) is 2.39. The van der Waals surface area contributed by atoms with Gasteiger partial charge in [-0.15, -0.1) is 0 Å². The SMILES string of the molecule is CCOC(=O)CC(CBr)OC(C)=O. The van der Waals surface area contributed by atoms with Crippen LogP contribution in [0.1, 0.15) is 20.3 Å². The first-order valence-corrected chi connectivity index (χ1v) is 5.11. The smallest absolute Gasteiger partial charge is 0.309 e. The van der Waals surface area contributed by atoms with Gasteiger partial charge in [0, 0.05) is 12.3 Å². The molecule has 1 atom stereocenters. The third kappa shape index (κ3) is 6.57. The molecule has 0 aliphatic rings. The second-order valence-corrected chi connectivity index (χ2v) is 3.04. The van der Waals surface area contributed by atoms with Crippen molar-refractivity contribution in [2.75, 3.05) is 11.9 Å². The molecule has 0 N–H and O–H groups in total. The van der Waals surface area contributed by atoms with Crippen LogP contribution >= 0.6 is 15.9 Å². The Morgan fingerprint density at radius 2 is 2.08 bits per heavy atom. The molecule has 0 radical (unpaired) electrons. The van der Waals surface area contributed by atoms with Crippen molar-refractivity contribution in [2.24, 2.45) is 0 Å². The van der Waals surface area contributed by atoms with Gasteiger partial charge in [0.05, 0.1) is 13.0 Å². The van der Waals surface area contributed by atoms with E-state index >= 15 is 0 Å². The number of hydrogen-bond donors (Lipinski definition) is 0. The Morgan fingerprint density at radius 1 is 1.46 bits per heavy atom. The Bertz CT molecular complexity index is 181. The van der Waals surface area contributed by atoms with Crippen LogP contribution in [-0.4, -0.2) is 30.0 Å². The first kappa shape index (κ1) is 12.4. The van der Waals surface area contributed by atoms with Gasteiger partial charge in [-0.3, -0.25) is 9.59 Å². The highest BCUT2D eigenvalue weighted by Gasteiger charge is 2.15. The molecule has 0 amide bonds. The van der Waals surface area contributed by atoms with Gasteiger partial charge in [-0.1, -0.05) is 15.9 Å². The number of rotatable bonds is 5. The van der Waals surface area contributed by atoms with Crippen molar-refractivity contribution in [1.29, 1.82) is 0 Å². The minimum atomic E-state index is -0.434. The summed E-state index contributed by atoms with van der Waals surface area (Å²) >= 11 is 3.14. The highest BCUT2D eigenvalue weighted by Crippen LogP contribution is 2.04.